The van der Waals surface area contributed by atoms with Crippen molar-refractivity contribution in [1.82, 2.24) is 10.2 Å². The first-order valence-electron chi connectivity index (χ1n) is 9.58. The number of nitrogens with zero attached hydrogens (tertiary/aromatic N) is 1. The van der Waals surface area contributed by atoms with E-state index in [1.807, 2.05) is 0 Å². The molecule has 0 aliphatic carbocycles. The van der Waals surface area contributed by atoms with Crippen LogP contribution < -0.4 is 15.4 Å². The Morgan fingerprint density at radius 3 is 2.72 bits per heavy atom. The third-order valence-corrected chi connectivity index (χ3v) is 5.05. The van der Waals surface area contributed by atoms with Crippen LogP contribution in [0.1, 0.15) is 10.4 Å². The topological polar surface area (TPSA) is 96.1 Å². The molecular formula is C23H18ClFN4O3. The molecular weight excluding hydrogens is 435 g/mol. The van der Waals surface area contributed by atoms with Crippen LogP contribution in [0.15, 0.2) is 60.7 Å². The molecule has 9 heteroatoms. The fraction of sp³-hybridized carbons (Fsp3) is 0.0870. The quantitative estimate of drug-likeness (QED) is 0.366. The number of methoxy groups -OCH3 is 1. The van der Waals surface area contributed by atoms with Gasteiger partial charge in [-0.1, -0.05) is 12.1 Å². The molecule has 32 heavy (non-hydrogen) atoms. The first-order chi connectivity index (χ1) is 15.5. The average molecular weight is 453 g/mol. The van der Waals surface area contributed by atoms with Gasteiger partial charge in [0, 0.05) is 22.2 Å². The summed E-state index contributed by atoms with van der Waals surface area (Å²) in [5.74, 6) is -0.452. The molecule has 1 heterocycles. The van der Waals surface area contributed by atoms with Gasteiger partial charge in [0.1, 0.15) is 17.4 Å². The van der Waals surface area contributed by atoms with Gasteiger partial charge in [-0.2, -0.15) is 5.10 Å². The largest absolute Gasteiger partial charge is 0.497 e. The van der Waals surface area contributed by atoms with Gasteiger partial charge in [0.2, 0.25) is 5.91 Å². The summed E-state index contributed by atoms with van der Waals surface area (Å²) in [6.07, 6.45) is 0. The third-order valence-electron chi connectivity index (χ3n) is 4.81. The van der Waals surface area contributed by atoms with Crippen molar-refractivity contribution in [3.63, 3.8) is 0 Å². The van der Waals surface area contributed by atoms with Crippen LogP contribution in [-0.2, 0) is 4.79 Å². The lowest BCUT2D eigenvalue weighted by Crippen LogP contribution is -2.15. The fourth-order valence-corrected chi connectivity index (χ4v) is 3.31. The number of rotatable bonds is 6. The van der Waals surface area contributed by atoms with Crippen LogP contribution in [0.2, 0.25) is 0 Å². The maximum atomic E-state index is 14.3. The predicted molar refractivity (Wildman–Crippen MR) is 122 cm³/mol. The first kappa shape index (κ1) is 21.3. The Morgan fingerprint density at radius 1 is 1.09 bits per heavy atom. The van der Waals surface area contributed by atoms with E-state index in [1.165, 1.54) is 19.2 Å². The maximum Gasteiger partial charge on any atom is 0.256 e. The van der Waals surface area contributed by atoms with E-state index in [1.54, 1.807) is 48.5 Å². The number of aromatic nitrogens is 2. The molecule has 4 aromatic rings. The van der Waals surface area contributed by atoms with E-state index in [9.17, 15) is 14.0 Å². The third kappa shape index (κ3) is 4.40. The van der Waals surface area contributed by atoms with Gasteiger partial charge >= 0.3 is 0 Å². The number of ether oxygens (including phenoxy) is 1. The molecule has 7 nitrogen and oxygen atoms in total. The number of H-pyrrole nitrogens is 1. The molecule has 0 unspecified atom stereocenters. The zero-order valence-electron chi connectivity index (χ0n) is 16.9. The fourth-order valence-electron chi connectivity index (χ4n) is 3.25. The van der Waals surface area contributed by atoms with Gasteiger partial charge in [-0.25, -0.2) is 4.39 Å². The summed E-state index contributed by atoms with van der Waals surface area (Å²) in [7, 11) is 1.52. The van der Waals surface area contributed by atoms with Crippen molar-refractivity contribution in [2.24, 2.45) is 0 Å². The van der Waals surface area contributed by atoms with Crippen molar-refractivity contribution in [1.29, 1.82) is 0 Å². The molecule has 0 fully saturated rings. The SMILES string of the molecule is COc1ccc(F)c(-c2ccc3c(NC(=O)c4cccc(NC(=O)CCl)c4)n[nH]c3c2)c1. The van der Waals surface area contributed by atoms with Gasteiger partial charge in [-0.15, -0.1) is 11.6 Å². The molecule has 0 saturated heterocycles. The summed E-state index contributed by atoms with van der Waals surface area (Å²) in [4.78, 5) is 24.2. The normalized spacial score (nSPS) is 10.7. The lowest BCUT2D eigenvalue weighted by Gasteiger charge is -2.08. The smallest absolute Gasteiger partial charge is 0.256 e. The molecule has 162 valence electrons. The number of fused-ring (bicyclic) bond motifs is 1. The van der Waals surface area contributed by atoms with Crippen LogP contribution in [0.25, 0.3) is 22.0 Å². The molecule has 0 radical (unpaired) electrons. The van der Waals surface area contributed by atoms with Gasteiger partial charge < -0.3 is 15.4 Å². The van der Waals surface area contributed by atoms with Crippen molar-refractivity contribution in [3.8, 4) is 16.9 Å². The number of carbonyl (C=O) groups excluding carboxylic acids is 2. The van der Waals surface area contributed by atoms with E-state index in [-0.39, 0.29) is 17.6 Å². The highest BCUT2D eigenvalue weighted by Crippen LogP contribution is 2.31. The summed E-state index contributed by atoms with van der Waals surface area (Å²) in [5.41, 5.74) is 2.45. The first-order valence-corrected chi connectivity index (χ1v) is 10.1. The van der Waals surface area contributed by atoms with Gasteiger partial charge in [0.05, 0.1) is 12.6 Å². The average Bonchev–Trinajstić information content (AvgIpc) is 3.21. The Kier molecular flexibility index (Phi) is 6.04. The Balaban J connectivity index is 1.58. The minimum Gasteiger partial charge on any atom is -0.497 e. The molecule has 3 aromatic carbocycles. The molecule has 0 spiro atoms. The lowest BCUT2D eigenvalue weighted by atomic mass is 10.0. The molecule has 0 aliphatic heterocycles. The number of halogens is 2. The van der Waals surface area contributed by atoms with Gasteiger partial charge in [-0.3, -0.25) is 14.7 Å². The van der Waals surface area contributed by atoms with Crippen LogP contribution >= 0.6 is 11.6 Å². The van der Waals surface area contributed by atoms with Crippen LogP contribution in [-0.4, -0.2) is 35.0 Å². The molecule has 0 saturated carbocycles. The number of hydrogen-bond acceptors (Lipinski definition) is 4. The van der Waals surface area contributed by atoms with Crippen LogP contribution in [0.4, 0.5) is 15.9 Å². The van der Waals surface area contributed by atoms with Gasteiger partial charge in [0.15, 0.2) is 5.82 Å². The number of nitrogens with one attached hydrogen (secondary N) is 3. The molecule has 2 amide bonds. The number of carbonyl (C=O) groups is 2. The number of hydrogen-bond donors (Lipinski definition) is 3. The highest BCUT2D eigenvalue weighted by molar-refractivity contribution is 6.29. The summed E-state index contributed by atoms with van der Waals surface area (Å²) in [5, 5.41) is 13.0. The van der Waals surface area contributed by atoms with E-state index in [0.29, 0.717) is 44.8 Å². The Morgan fingerprint density at radius 2 is 1.94 bits per heavy atom. The molecule has 3 N–H and O–H groups in total. The Labute approximate surface area is 187 Å². The molecule has 0 atom stereocenters. The highest BCUT2D eigenvalue weighted by Gasteiger charge is 2.14. The summed E-state index contributed by atoms with van der Waals surface area (Å²) in [6.45, 7) is 0. The molecule has 4 rings (SSSR count). The number of anilines is 2. The van der Waals surface area contributed by atoms with Crippen molar-refractivity contribution in [2.45, 2.75) is 0 Å². The minimum atomic E-state index is -0.400. The second-order valence-electron chi connectivity index (χ2n) is 6.90. The van der Waals surface area contributed by atoms with Gasteiger partial charge in [0.25, 0.3) is 5.91 Å². The van der Waals surface area contributed by atoms with Crippen molar-refractivity contribution in [2.75, 3.05) is 23.6 Å². The maximum absolute atomic E-state index is 14.3. The van der Waals surface area contributed by atoms with E-state index in [0.717, 1.165) is 0 Å². The standard InChI is InChI=1S/C23H18ClFN4O3/c1-32-16-6-8-19(25)18(11-16)13-5-7-17-20(10-13)28-29-22(17)27-23(31)14-3-2-4-15(9-14)26-21(30)12-24/h2-11H,12H2,1H3,(H,26,30)(H2,27,28,29,31). The van der Waals surface area contributed by atoms with E-state index < -0.39 is 5.91 Å². The van der Waals surface area contributed by atoms with Crippen molar-refractivity contribution >= 4 is 45.8 Å². The van der Waals surface area contributed by atoms with Crippen molar-refractivity contribution in [3.05, 3.63) is 72.0 Å². The monoisotopic (exact) mass is 452 g/mol. The van der Waals surface area contributed by atoms with Crippen molar-refractivity contribution < 1.29 is 18.7 Å². The highest BCUT2D eigenvalue weighted by atomic mass is 35.5. The van der Waals surface area contributed by atoms with Gasteiger partial charge in [-0.05, 0) is 54.1 Å². The molecule has 0 aliphatic rings. The van der Waals surface area contributed by atoms with E-state index >= 15 is 0 Å². The Bertz CT molecular complexity index is 1320. The number of amides is 2. The van der Waals surface area contributed by atoms with E-state index in [4.69, 9.17) is 16.3 Å². The van der Waals surface area contributed by atoms with Crippen LogP contribution in [0.5, 0.6) is 5.75 Å². The number of alkyl halides is 1. The zero-order valence-corrected chi connectivity index (χ0v) is 17.7. The summed E-state index contributed by atoms with van der Waals surface area (Å²) >= 11 is 5.50. The zero-order chi connectivity index (χ0) is 22.7. The van der Waals surface area contributed by atoms with Crippen LogP contribution in [0, 0.1) is 5.82 Å². The summed E-state index contributed by atoms with van der Waals surface area (Å²) in [6, 6.07) is 16.2. The minimum absolute atomic E-state index is 0.183. The summed E-state index contributed by atoms with van der Waals surface area (Å²) < 4.78 is 19.5. The van der Waals surface area contributed by atoms with E-state index in [2.05, 4.69) is 20.8 Å². The van der Waals surface area contributed by atoms with Crippen LogP contribution in [0.3, 0.4) is 0 Å². The second kappa shape index (κ2) is 9.07. The predicted octanol–water partition coefficient (Wildman–Crippen LogP) is 4.81. The lowest BCUT2D eigenvalue weighted by molar-refractivity contribution is -0.113. The second-order valence-corrected chi connectivity index (χ2v) is 7.16. The molecule has 0 bridgehead atoms. The molecule has 1 aromatic heterocycles. The number of aromatic amines is 1. The Hall–Kier alpha value is -3.91. The number of benzene rings is 3.